The highest BCUT2D eigenvalue weighted by Crippen LogP contribution is 2.34. The third-order valence-electron chi connectivity index (χ3n) is 2.39. The molecule has 0 fully saturated rings. The van der Waals surface area contributed by atoms with E-state index in [1.807, 2.05) is 0 Å². The van der Waals surface area contributed by atoms with Crippen molar-refractivity contribution in [2.45, 2.75) is 0 Å². The Morgan fingerprint density at radius 2 is 2.15 bits per heavy atom. The molecule has 0 amide bonds. The summed E-state index contributed by atoms with van der Waals surface area (Å²) in [4.78, 5) is 14.4. The van der Waals surface area contributed by atoms with E-state index < -0.39 is 4.92 Å². The quantitative estimate of drug-likeness (QED) is 0.678. The van der Waals surface area contributed by atoms with Crippen molar-refractivity contribution in [2.75, 3.05) is 12.8 Å². The average molecular weight is 340 g/mol. The highest BCUT2D eigenvalue weighted by Gasteiger charge is 2.16. The van der Waals surface area contributed by atoms with Gasteiger partial charge in [-0.3, -0.25) is 10.1 Å². The lowest BCUT2D eigenvalue weighted by Crippen LogP contribution is -1.96. The number of nitro groups is 1. The lowest BCUT2D eigenvalue weighted by atomic mass is 10.3. The lowest BCUT2D eigenvalue weighted by molar-refractivity contribution is -0.385. The zero-order valence-electron chi connectivity index (χ0n) is 10.4. The number of nitrogens with zero attached hydrogens (tertiary/aromatic N) is 2. The Kier molecular flexibility index (Phi) is 4.04. The fourth-order valence-electron chi connectivity index (χ4n) is 1.50. The van der Waals surface area contributed by atoms with Gasteiger partial charge in [0.1, 0.15) is 5.75 Å². The topological polar surface area (TPSA) is 101 Å². The van der Waals surface area contributed by atoms with Gasteiger partial charge in [-0.25, -0.2) is 4.98 Å². The van der Waals surface area contributed by atoms with E-state index in [4.69, 9.17) is 15.2 Å². The minimum atomic E-state index is -0.544. The molecular weight excluding hydrogens is 330 g/mol. The Morgan fingerprint density at radius 3 is 2.75 bits per heavy atom. The number of benzene rings is 1. The van der Waals surface area contributed by atoms with Gasteiger partial charge < -0.3 is 15.2 Å². The maximum absolute atomic E-state index is 10.9. The van der Waals surface area contributed by atoms with Gasteiger partial charge in [-0.1, -0.05) is 0 Å². The number of nitrogens with two attached hydrogens (primary N) is 1. The van der Waals surface area contributed by atoms with Gasteiger partial charge in [0.25, 0.3) is 0 Å². The third-order valence-corrected chi connectivity index (χ3v) is 2.96. The van der Waals surface area contributed by atoms with Crippen molar-refractivity contribution >= 4 is 27.3 Å². The van der Waals surface area contributed by atoms with Crippen molar-refractivity contribution < 1.29 is 14.4 Å². The number of anilines is 1. The monoisotopic (exact) mass is 339 g/mol. The number of halogens is 1. The molecule has 0 bridgehead atoms. The Balaban J connectivity index is 2.34. The summed E-state index contributed by atoms with van der Waals surface area (Å²) in [6, 6.07) is 5.90. The van der Waals surface area contributed by atoms with Gasteiger partial charge in [-0.05, 0) is 34.1 Å². The smallest absolute Gasteiger partial charge is 0.314 e. The van der Waals surface area contributed by atoms with Gasteiger partial charge in [0.2, 0.25) is 5.88 Å². The number of ether oxygens (including phenoxy) is 2. The second-order valence-corrected chi connectivity index (χ2v) is 4.60. The molecule has 104 valence electrons. The number of nitrogen functional groups attached to an aromatic ring is 1. The molecule has 0 radical (unpaired) electrons. The van der Waals surface area contributed by atoms with Gasteiger partial charge in [-0.2, -0.15) is 0 Å². The minimum Gasteiger partial charge on any atom is -0.490 e. The van der Waals surface area contributed by atoms with E-state index in [2.05, 4.69) is 20.9 Å². The largest absolute Gasteiger partial charge is 0.490 e. The zero-order chi connectivity index (χ0) is 14.7. The van der Waals surface area contributed by atoms with Crippen LogP contribution in [0.1, 0.15) is 0 Å². The van der Waals surface area contributed by atoms with Gasteiger partial charge in [0, 0.05) is 0 Å². The normalized spacial score (nSPS) is 10.1. The number of hydrogen-bond donors (Lipinski definition) is 1. The zero-order valence-corrected chi connectivity index (χ0v) is 12.0. The van der Waals surface area contributed by atoms with Gasteiger partial charge in [0.15, 0.2) is 5.75 Å². The summed E-state index contributed by atoms with van der Waals surface area (Å²) in [6.07, 6.45) is 1.43. The molecule has 1 heterocycles. The van der Waals surface area contributed by atoms with Crippen LogP contribution in [0.5, 0.6) is 17.4 Å². The van der Waals surface area contributed by atoms with Gasteiger partial charge in [-0.15, -0.1) is 0 Å². The minimum absolute atomic E-state index is 0.159. The molecule has 0 spiro atoms. The van der Waals surface area contributed by atoms with E-state index in [-0.39, 0.29) is 23.1 Å². The average Bonchev–Trinajstić information content (AvgIpc) is 2.41. The molecule has 0 unspecified atom stereocenters. The molecule has 0 aliphatic rings. The van der Waals surface area contributed by atoms with Crippen LogP contribution in [0.25, 0.3) is 0 Å². The first-order chi connectivity index (χ1) is 9.51. The molecule has 0 saturated carbocycles. The molecular formula is C12H10BrN3O4. The van der Waals surface area contributed by atoms with E-state index in [0.29, 0.717) is 10.2 Å². The fraction of sp³-hybridized carbons (Fsp3) is 0.0833. The predicted octanol–water partition coefficient (Wildman–Crippen LogP) is 3.14. The van der Waals surface area contributed by atoms with E-state index in [1.165, 1.54) is 25.4 Å². The SMILES string of the molecule is COc1ccc(Oc2ncc(N)cc2Br)cc1[N+](=O)[O-]. The summed E-state index contributed by atoms with van der Waals surface area (Å²) in [5, 5.41) is 10.9. The number of pyridine rings is 1. The highest BCUT2D eigenvalue weighted by atomic mass is 79.9. The molecule has 0 atom stereocenters. The number of rotatable bonds is 4. The van der Waals surface area contributed by atoms with Crippen LogP contribution in [-0.2, 0) is 0 Å². The van der Waals surface area contributed by atoms with Crippen molar-refractivity contribution in [3.63, 3.8) is 0 Å². The summed E-state index contributed by atoms with van der Waals surface area (Å²) in [5.41, 5.74) is 5.86. The second kappa shape index (κ2) is 5.74. The van der Waals surface area contributed by atoms with Crippen LogP contribution in [0.4, 0.5) is 11.4 Å². The van der Waals surface area contributed by atoms with Crippen LogP contribution in [0, 0.1) is 10.1 Å². The van der Waals surface area contributed by atoms with E-state index in [9.17, 15) is 10.1 Å². The second-order valence-electron chi connectivity index (χ2n) is 3.75. The third kappa shape index (κ3) is 2.97. The van der Waals surface area contributed by atoms with Crippen molar-refractivity contribution in [3.05, 3.63) is 45.0 Å². The van der Waals surface area contributed by atoms with Crippen LogP contribution in [-0.4, -0.2) is 17.0 Å². The Morgan fingerprint density at radius 1 is 1.40 bits per heavy atom. The number of methoxy groups -OCH3 is 1. The molecule has 0 aliphatic carbocycles. The molecule has 1 aromatic carbocycles. The Bertz CT molecular complexity index is 663. The number of hydrogen-bond acceptors (Lipinski definition) is 6. The van der Waals surface area contributed by atoms with Gasteiger partial charge in [0.05, 0.1) is 34.5 Å². The molecule has 7 nitrogen and oxygen atoms in total. The standard InChI is InChI=1S/C12H10BrN3O4/c1-19-11-3-2-8(5-10(11)16(17)18)20-12-9(13)4-7(14)6-15-12/h2-6H,14H2,1H3. The first-order valence-electron chi connectivity index (χ1n) is 5.42. The first-order valence-corrected chi connectivity index (χ1v) is 6.22. The van der Waals surface area contributed by atoms with Crippen molar-refractivity contribution in [1.82, 2.24) is 4.98 Å². The maximum Gasteiger partial charge on any atom is 0.314 e. The summed E-state index contributed by atoms with van der Waals surface area (Å²) in [7, 11) is 1.36. The fourth-order valence-corrected chi connectivity index (χ4v) is 1.95. The molecule has 0 saturated heterocycles. The van der Waals surface area contributed by atoms with Gasteiger partial charge >= 0.3 is 5.69 Å². The Hall–Kier alpha value is -2.35. The summed E-state index contributed by atoms with van der Waals surface area (Å²) in [6.45, 7) is 0. The number of aromatic nitrogens is 1. The van der Waals surface area contributed by atoms with Crippen LogP contribution in [0.3, 0.4) is 0 Å². The molecule has 20 heavy (non-hydrogen) atoms. The molecule has 2 aromatic rings. The van der Waals surface area contributed by atoms with Crippen LogP contribution in [0.2, 0.25) is 0 Å². The molecule has 0 aliphatic heterocycles. The van der Waals surface area contributed by atoms with E-state index in [0.717, 1.165) is 0 Å². The first kappa shape index (κ1) is 14.1. The van der Waals surface area contributed by atoms with Crippen LogP contribution >= 0.6 is 15.9 Å². The number of nitro benzene ring substituents is 1. The van der Waals surface area contributed by atoms with E-state index >= 15 is 0 Å². The maximum atomic E-state index is 10.9. The van der Waals surface area contributed by atoms with Crippen LogP contribution < -0.4 is 15.2 Å². The molecule has 2 N–H and O–H groups in total. The van der Waals surface area contributed by atoms with Crippen molar-refractivity contribution in [2.24, 2.45) is 0 Å². The highest BCUT2D eigenvalue weighted by molar-refractivity contribution is 9.10. The molecule has 1 aromatic heterocycles. The van der Waals surface area contributed by atoms with E-state index in [1.54, 1.807) is 12.1 Å². The van der Waals surface area contributed by atoms with Crippen LogP contribution in [0.15, 0.2) is 34.9 Å². The summed E-state index contributed by atoms with van der Waals surface area (Å²) in [5.74, 6) is 0.695. The summed E-state index contributed by atoms with van der Waals surface area (Å²) < 4.78 is 10.9. The van der Waals surface area contributed by atoms with Crippen molar-refractivity contribution in [3.8, 4) is 17.4 Å². The van der Waals surface area contributed by atoms with Crippen molar-refractivity contribution in [1.29, 1.82) is 0 Å². The lowest BCUT2D eigenvalue weighted by Gasteiger charge is -2.08. The summed E-state index contributed by atoms with van der Waals surface area (Å²) >= 11 is 3.25. The molecule has 8 heteroatoms. The Labute approximate surface area is 122 Å². The predicted molar refractivity (Wildman–Crippen MR) is 76.1 cm³/mol. The molecule has 2 rings (SSSR count).